The van der Waals surface area contributed by atoms with Gasteiger partial charge in [0, 0.05) is 18.6 Å². The van der Waals surface area contributed by atoms with Crippen molar-refractivity contribution in [1.82, 2.24) is 18.7 Å². The van der Waals surface area contributed by atoms with E-state index in [-0.39, 0.29) is 12.4 Å². The van der Waals surface area contributed by atoms with Gasteiger partial charge in [-0.3, -0.25) is 18.5 Å². The molecule has 32 heavy (non-hydrogen) atoms. The van der Waals surface area contributed by atoms with E-state index in [9.17, 15) is 14.0 Å². The second kappa shape index (κ2) is 7.56. The Morgan fingerprint density at radius 2 is 1.69 bits per heavy atom. The highest BCUT2D eigenvalue weighted by Gasteiger charge is 2.28. The average Bonchev–Trinajstić information content (AvgIpc) is 3.18. The lowest BCUT2D eigenvalue weighted by Crippen LogP contribution is -2.38. The molecule has 0 spiro atoms. The summed E-state index contributed by atoms with van der Waals surface area (Å²) in [7, 11) is 3.03. The molecule has 0 bridgehead atoms. The number of nitrogens with zero attached hydrogens (tertiary/aromatic N) is 6. The van der Waals surface area contributed by atoms with Crippen LogP contribution in [0.15, 0.2) is 67.7 Å². The molecule has 0 atom stereocenters. The minimum Gasteiger partial charge on any atom is -0.297 e. The topological polar surface area (TPSA) is 77.4 Å². The summed E-state index contributed by atoms with van der Waals surface area (Å²) in [6, 6.07) is 13.9. The van der Waals surface area contributed by atoms with Gasteiger partial charge < -0.3 is 0 Å². The molecule has 0 amide bonds. The predicted molar refractivity (Wildman–Crippen MR) is 123 cm³/mol. The van der Waals surface area contributed by atoms with Gasteiger partial charge in [0.25, 0.3) is 5.56 Å². The number of fused-ring (bicyclic) bond motifs is 3. The van der Waals surface area contributed by atoms with Gasteiger partial charge in [-0.05, 0) is 35.4 Å². The van der Waals surface area contributed by atoms with Crippen molar-refractivity contribution < 1.29 is 4.39 Å². The molecule has 1 aliphatic rings. The van der Waals surface area contributed by atoms with Crippen molar-refractivity contribution in [2.45, 2.75) is 13.1 Å². The summed E-state index contributed by atoms with van der Waals surface area (Å²) in [4.78, 5) is 30.0. The Morgan fingerprint density at radius 3 is 2.38 bits per heavy atom. The highest BCUT2D eigenvalue weighted by molar-refractivity contribution is 9.10. The first-order valence-electron chi connectivity index (χ1n) is 9.85. The van der Waals surface area contributed by atoms with E-state index >= 15 is 0 Å². The molecule has 8 nitrogen and oxygen atoms in total. The van der Waals surface area contributed by atoms with Crippen molar-refractivity contribution in [3.05, 3.63) is 90.8 Å². The molecule has 0 radical (unpaired) electrons. The molecule has 10 heteroatoms. The summed E-state index contributed by atoms with van der Waals surface area (Å²) in [5.41, 5.74) is 2.12. The number of aromatic nitrogens is 4. The first-order valence-corrected chi connectivity index (χ1v) is 10.6. The standard InChI is InChI=1S/C22H18BrFN6O2/c1-27-19-18(20(31)28(2)22(27)32)29-12-17(14-5-9-16(24)10-6-14)26-30(21(29)25-19)11-13-3-7-15(23)8-4-13/h3-10H,11-12H2,1-2H3. The maximum Gasteiger partial charge on any atom is 0.332 e. The smallest absolute Gasteiger partial charge is 0.297 e. The van der Waals surface area contributed by atoms with Gasteiger partial charge in [-0.2, -0.15) is 10.1 Å². The maximum absolute atomic E-state index is 13.5. The number of aryl methyl sites for hydroxylation is 1. The molecule has 5 rings (SSSR count). The van der Waals surface area contributed by atoms with E-state index in [1.165, 1.54) is 23.7 Å². The van der Waals surface area contributed by atoms with Crippen LogP contribution in [0.4, 0.5) is 10.3 Å². The molecule has 2 aromatic carbocycles. The Bertz CT molecular complexity index is 1500. The highest BCUT2D eigenvalue weighted by atomic mass is 79.9. The van der Waals surface area contributed by atoms with E-state index in [0.29, 0.717) is 29.4 Å². The molecule has 0 unspecified atom stereocenters. The highest BCUT2D eigenvalue weighted by Crippen LogP contribution is 2.27. The number of imidazole rings is 1. The third-order valence-corrected chi connectivity index (χ3v) is 6.06. The second-order valence-corrected chi connectivity index (χ2v) is 8.53. The number of rotatable bonds is 3. The van der Waals surface area contributed by atoms with Crippen LogP contribution in [-0.4, -0.2) is 24.4 Å². The van der Waals surface area contributed by atoms with Crippen LogP contribution in [0.1, 0.15) is 11.1 Å². The lowest BCUT2D eigenvalue weighted by Gasteiger charge is -2.26. The van der Waals surface area contributed by atoms with Gasteiger partial charge in [0.2, 0.25) is 5.95 Å². The number of benzene rings is 2. The Balaban J connectivity index is 1.72. The molecule has 0 saturated heterocycles. The Hall–Kier alpha value is -3.53. The van der Waals surface area contributed by atoms with E-state index in [0.717, 1.165) is 20.2 Å². The van der Waals surface area contributed by atoms with Crippen molar-refractivity contribution in [3.63, 3.8) is 0 Å². The number of halogens is 2. The summed E-state index contributed by atoms with van der Waals surface area (Å²) < 4.78 is 18.6. The molecule has 162 valence electrons. The van der Waals surface area contributed by atoms with Crippen LogP contribution in [0.25, 0.3) is 11.2 Å². The lowest BCUT2D eigenvalue weighted by molar-refractivity contribution is 0.627. The van der Waals surface area contributed by atoms with E-state index in [1.807, 2.05) is 24.3 Å². The van der Waals surface area contributed by atoms with Gasteiger partial charge in [-0.25, -0.2) is 14.2 Å². The third kappa shape index (κ3) is 3.27. The van der Waals surface area contributed by atoms with E-state index in [4.69, 9.17) is 5.10 Å². The first kappa shape index (κ1) is 20.4. The summed E-state index contributed by atoms with van der Waals surface area (Å²) >= 11 is 3.44. The normalized spacial score (nSPS) is 13.4. The predicted octanol–water partition coefficient (Wildman–Crippen LogP) is 2.76. The molecule has 0 N–H and O–H groups in total. The van der Waals surface area contributed by atoms with Crippen LogP contribution in [0.2, 0.25) is 0 Å². The van der Waals surface area contributed by atoms with E-state index in [2.05, 4.69) is 20.9 Å². The lowest BCUT2D eigenvalue weighted by atomic mass is 10.1. The quantitative estimate of drug-likeness (QED) is 0.436. The fourth-order valence-electron chi connectivity index (χ4n) is 3.81. The van der Waals surface area contributed by atoms with Crippen LogP contribution < -0.4 is 16.3 Å². The molecule has 4 aromatic rings. The largest absolute Gasteiger partial charge is 0.332 e. The van der Waals surface area contributed by atoms with Crippen molar-refractivity contribution >= 4 is 38.8 Å². The van der Waals surface area contributed by atoms with Crippen LogP contribution in [0, 0.1) is 5.82 Å². The van der Waals surface area contributed by atoms with Crippen LogP contribution in [0.5, 0.6) is 0 Å². The van der Waals surface area contributed by atoms with Crippen molar-refractivity contribution in [3.8, 4) is 0 Å². The fourth-order valence-corrected chi connectivity index (χ4v) is 4.08. The summed E-state index contributed by atoms with van der Waals surface area (Å²) in [6.45, 7) is 0.664. The molecule has 0 saturated carbocycles. The van der Waals surface area contributed by atoms with Crippen LogP contribution in [-0.2, 0) is 27.2 Å². The molecular weight excluding hydrogens is 479 g/mol. The number of anilines is 1. The molecule has 2 aromatic heterocycles. The Kier molecular flexibility index (Phi) is 4.81. The minimum absolute atomic E-state index is 0.266. The average molecular weight is 497 g/mol. The SMILES string of the molecule is Cn1c(=O)c2c(nc3n2CC(c2ccc(F)cc2)=NN3Cc2ccc(Br)cc2)n(C)c1=O. The van der Waals surface area contributed by atoms with Gasteiger partial charge in [-0.15, -0.1) is 0 Å². The Labute approximate surface area is 190 Å². The Morgan fingerprint density at radius 1 is 1.00 bits per heavy atom. The minimum atomic E-state index is -0.447. The second-order valence-electron chi connectivity index (χ2n) is 7.61. The van der Waals surface area contributed by atoms with Gasteiger partial charge >= 0.3 is 5.69 Å². The van der Waals surface area contributed by atoms with E-state index < -0.39 is 11.2 Å². The molecule has 1 aliphatic heterocycles. The molecule has 0 fully saturated rings. The fraction of sp³-hybridized carbons (Fsp3) is 0.182. The molecule has 0 aliphatic carbocycles. The monoisotopic (exact) mass is 496 g/mol. The van der Waals surface area contributed by atoms with Gasteiger partial charge in [0.15, 0.2) is 11.2 Å². The maximum atomic E-state index is 13.5. The molecular formula is C22H18BrFN6O2. The zero-order chi connectivity index (χ0) is 22.6. The zero-order valence-corrected chi connectivity index (χ0v) is 18.9. The van der Waals surface area contributed by atoms with Gasteiger partial charge in [0.1, 0.15) is 5.82 Å². The number of hydrogen-bond donors (Lipinski definition) is 0. The van der Waals surface area contributed by atoms with Crippen LogP contribution >= 0.6 is 15.9 Å². The molecule has 3 heterocycles. The first-order chi connectivity index (χ1) is 15.3. The number of hydrogen-bond acceptors (Lipinski definition) is 5. The van der Waals surface area contributed by atoms with Crippen molar-refractivity contribution in [2.75, 3.05) is 5.01 Å². The summed E-state index contributed by atoms with van der Waals surface area (Å²) in [5, 5.41) is 6.48. The van der Waals surface area contributed by atoms with Crippen molar-refractivity contribution in [2.24, 2.45) is 19.2 Å². The summed E-state index contributed by atoms with van der Waals surface area (Å²) in [6.07, 6.45) is 0. The van der Waals surface area contributed by atoms with E-state index in [1.54, 1.807) is 28.8 Å². The van der Waals surface area contributed by atoms with Gasteiger partial charge in [0.05, 0.1) is 18.8 Å². The van der Waals surface area contributed by atoms with Crippen LogP contribution in [0.3, 0.4) is 0 Å². The van der Waals surface area contributed by atoms with Gasteiger partial charge in [-0.1, -0.05) is 40.2 Å². The number of hydrazone groups is 1. The third-order valence-electron chi connectivity index (χ3n) is 5.53. The zero-order valence-electron chi connectivity index (χ0n) is 17.3. The summed E-state index contributed by atoms with van der Waals surface area (Å²) in [5.74, 6) is 0.126. The van der Waals surface area contributed by atoms with Crippen molar-refractivity contribution in [1.29, 1.82) is 0 Å².